The van der Waals surface area contributed by atoms with Gasteiger partial charge in [0.1, 0.15) is 6.04 Å². The van der Waals surface area contributed by atoms with E-state index in [1.54, 1.807) is 35.2 Å². The van der Waals surface area contributed by atoms with Crippen molar-refractivity contribution in [1.29, 1.82) is 0 Å². The average Bonchev–Trinajstić information content (AvgIpc) is 2.67. The van der Waals surface area contributed by atoms with Crippen LogP contribution in [0.4, 0.5) is 0 Å². The van der Waals surface area contributed by atoms with Crippen molar-refractivity contribution >= 4 is 21.9 Å². The first kappa shape index (κ1) is 19.8. The lowest BCUT2D eigenvalue weighted by Crippen LogP contribution is -2.55. The molecule has 27 heavy (non-hydrogen) atoms. The van der Waals surface area contributed by atoms with Crippen LogP contribution in [0, 0.1) is 11.8 Å². The van der Waals surface area contributed by atoms with Gasteiger partial charge in [0.05, 0.1) is 10.8 Å². The molecule has 7 nitrogen and oxygen atoms in total. The predicted octanol–water partition coefficient (Wildman–Crippen LogP) is 1.80. The number of hydrogen-bond donors (Lipinski definition) is 1. The fourth-order valence-corrected chi connectivity index (χ4v) is 5.76. The van der Waals surface area contributed by atoms with Gasteiger partial charge in [-0.3, -0.25) is 9.59 Å². The SMILES string of the molecule is CC1CN(C(=O)C2CCCCN2S(=O)(=O)c2ccccc2)CCC1C(=O)O. The maximum Gasteiger partial charge on any atom is 0.306 e. The quantitative estimate of drug-likeness (QED) is 0.840. The van der Waals surface area contributed by atoms with E-state index < -0.39 is 28.0 Å². The summed E-state index contributed by atoms with van der Waals surface area (Å²) in [5, 5.41) is 9.27. The average molecular weight is 394 g/mol. The van der Waals surface area contributed by atoms with Gasteiger partial charge < -0.3 is 10.0 Å². The molecule has 0 saturated carbocycles. The Kier molecular flexibility index (Phi) is 5.86. The summed E-state index contributed by atoms with van der Waals surface area (Å²) in [7, 11) is -3.74. The highest BCUT2D eigenvalue weighted by Gasteiger charge is 2.41. The Balaban J connectivity index is 1.80. The van der Waals surface area contributed by atoms with Crippen LogP contribution in [0.3, 0.4) is 0 Å². The minimum Gasteiger partial charge on any atom is -0.481 e. The summed E-state index contributed by atoms with van der Waals surface area (Å²) in [4.78, 5) is 26.3. The molecule has 1 amide bonds. The molecule has 0 spiro atoms. The largest absolute Gasteiger partial charge is 0.481 e. The second-order valence-electron chi connectivity index (χ2n) is 7.44. The first-order chi connectivity index (χ1) is 12.8. The van der Waals surface area contributed by atoms with Gasteiger partial charge in [-0.15, -0.1) is 0 Å². The third-order valence-electron chi connectivity index (χ3n) is 5.62. The topological polar surface area (TPSA) is 95.0 Å². The minimum absolute atomic E-state index is 0.150. The van der Waals surface area contributed by atoms with Crippen molar-refractivity contribution in [3.05, 3.63) is 30.3 Å². The predicted molar refractivity (Wildman–Crippen MR) is 99.5 cm³/mol. The number of piperidine rings is 2. The van der Waals surface area contributed by atoms with E-state index >= 15 is 0 Å². The van der Waals surface area contributed by atoms with Crippen LogP contribution < -0.4 is 0 Å². The molecule has 148 valence electrons. The molecule has 2 aliphatic rings. The molecule has 3 atom stereocenters. The third-order valence-corrected chi connectivity index (χ3v) is 7.55. The highest BCUT2D eigenvalue weighted by Crippen LogP contribution is 2.29. The third kappa shape index (κ3) is 4.01. The number of carbonyl (C=O) groups is 2. The fraction of sp³-hybridized carbons (Fsp3) is 0.579. The van der Waals surface area contributed by atoms with E-state index in [1.165, 1.54) is 4.31 Å². The first-order valence-electron chi connectivity index (χ1n) is 9.41. The molecule has 1 aromatic carbocycles. The molecule has 2 heterocycles. The lowest BCUT2D eigenvalue weighted by atomic mass is 9.86. The Labute approximate surface area is 160 Å². The maximum atomic E-state index is 13.1. The van der Waals surface area contributed by atoms with Crippen molar-refractivity contribution < 1.29 is 23.1 Å². The van der Waals surface area contributed by atoms with Crippen molar-refractivity contribution in [1.82, 2.24) is 9.21 Å². The molecule has 3 unspecified atom stereocenters. The van der Waals surface area contributed by atoms with Crippen LogP contribution >= 0.6 is 0 Å². The number of rotatable bonds is 4. The Morgan fingerprint density at radius 1 is 1.07 bits per heavy atom. The van der Waals surface area contributed by atoms with E-state index in [1.807, 2.05) is 6.92 Å². The standard InChI is InChI=1S/C19H26N2O5S/c1-14-13-20(12-10-16(14)19(23)24)18(22)17-9-5-6-11-21(17)27(25,26)15-7-3-2-4-8-15/h2-4,7-8,14,16-17H,5-6,9-13H2,1H3,(H,23,24). The summed E-state index contributed by atoms with van der Waals surface area (Å²) in [6.45, 7) is 2.87. The number of carboxylic acids is 1. The van der Waals surface area contributed by atoms with Gasteiger partial charge in [-0.1, -0.05) is 31.5 Å². The number of nitrogens with zero attached hydrogens (tertiary/aromatic N) is 2. The molecule has 2 fully saturated rings. The smallest absolute Gasteiger partial charge is 0.306 e. The number of amides is 1. The van der Waals surface area contributed by atoms with Crippen LogP contribution in [0.1, 0.15) is 32.6 Å². The van der Waals surface area contributed by atoms with Gasteiger partial charge in [0, 0.05) is 19.6 Å². The van der Waals surface area contributed by atoms with Gasteiger partial charge in [-0.05, 0) is 37.3 Å². The number of carbonyl (C=O) groups excluding carboxylic acids is 1. The summed E-state index contributed by atoms with van der Waals surface area (Å²) < 4.78 is 27.5. The van der Waals surface area contributed by atoms with E-state index in [0.29, 0.717) is 32.5 Å². The van der Waals surface area contributed by atoms with Gasteiger partial charge in [0.2, 0.25) is 15.9 Å². The molecule has 0 bridgehead atoms. The second-order valence-corrected chi connectivity index (χ2v) is 9.33. The molecule has 2 aliphatic heterocycles. The van der Waals surface area contributed by atoms with Crippen LogP contribution in [0.15, 0.2) is 35.2 Å². The van der Waals surface area contributed by atoms with Crippen LogP contribution in [0.25, 0.3) is 0 Å². The molecule has 0 aliphatic carbocycles. The molecular formula is C19H26N2O5S. The molecule has 0 radical (unpaired) electrons. The Bertz CT molecular complexity index is 796. The Morgan fingerprint density at radius 3 is 2.41 bits per heavy atom. The van der Waals surface area contributed by atoms with Crippen molar-refractivity contribution in [2.45, 2.75) is 43.5 Å². The van der Waals surface area contributed by atoms with Crippen molar-refractivity contribution in [2.75, 3.05) is 19.6 Å². The molecule has 1 N–H and O–H groups in total. The van der Waals surface area contributed by atoms with E-state index in [9.17, 15) is 23.1 Å². The molecular weight excluding hydrogens is 368 g/mol. The first-order valence-corrected chi connectivity index (χ1v) is 10.8. The van der Waals surface area contributed by atoms with Gasteiger partial charge >= 0.3 is 5.97 Å². The van der Waals surface area contributed by atoms with E-state index in [0.717, 1.165) is 12.8 Å². The summed E-state index contributed by atoms with van der Waals surface area (Å²) in [6, 6.07) is 7.49. The lowest BCUT2D eigenvalue weighted by molar-refractivity contribution is -0.149. The number of hydrogen-bond acceptors (Lipinski definition) is 4. The molecule has 3 rings (SSSR count). The van der Waals surface area contributed by atoms with Gasteiger partial charge in [-0.2, -0.15) is 4.31 Å². The summed E-state index contributed by atoms with van der Waals surface area (Å²) >= 11 is 0. The second kappa shape index (κ2) is 7.98. The van der Waals surface area contributed by atoms with Gasteiger partial charge in [0.25, 0.3) is 0 Å². The monoisotopic (exact) mass is 394 g/mol. The van der Waals surface area contributed by atoms with Crippen LogP contribution in [-0.4, -0.2) is 60.3 Å². The van der Waals surface area contributed by atoms with Crippen molar-refractivity contribution in [2.24, 2.45) is 11.8 Å². The molecule has 8 heteroatoms. The maximum absolute atomic E-state index is 13.1. The minimum atomic E-state index is -3.74. The van der Waals surface area contributed by atoms with Gasteiger partial charge in [-0.25, -0.2) is 8.42 Å². The van der Waals surface area contributed by atoms with E-state index in [4.69, 9.17) is 0 Å². The number of aliphatic carboxylic acids is 1. The van der Waals surface area contributed by atoms with Crippen LogP contribution in [-0.2, 0) is 19.6 Å². The number of carboxylic acid groups (broad SMARTS) is 1. The van der Waals surface area contributed by atoms with Crippen molar-refractivity contribution in [3.8, 4) is 0 Å². The van der Waals surface area contributed by atoms with E-state index in [2.05, 4.69) is 0 Å². The molecule has 2 saturated heterocycles. The van der Waals surface area contributed by atoms with Crippen LogP contribution in [0.2, 0.25) is 0 Å². The zero-order valence-corrected chi connectivity index (χ0v) is 16.3. The number of sulfonamides is 1. The fourth-order valence-electron chi connectivity index (χ4n) is 4.09. The Hall–Kier alpha value is -1.93. The lowest BCUT2D eigenvalue weighted by Gasteiger charge is -2.40. The summed E-state index contributed by atoms with van der Waals surface area (Å²) in [5.41, 5.74) is 0. The Morgan fingerprint density at radius 2 is 1.78 bits per heavy atom. The molecule has 1 aromatic rings. The molecule has 0 aromatic heterocycles. The number of benzene rings is 1. The highest BCUT2D eigenvalue weighted by atomic mass is 32.2. The normalized spacial score (nSPS) is 27.3. The van der Waals surface area contributed by atoms with E-state index in [-0.39, 0.29) is 16.7 Å². The summed E-state index contributed by atoms with van der Waals surface area (Å²) in [6.07, 6.45) is 2.43. The zero-order valence-electron chi connectivity index (χ0n) is 15.5. The van der Waals surface area contributed by atoms with Crippen LogP contribution in [0.5, 0.6) is 0 Å². The van der Waals surface area contributed by atoms with Crippen molar-refractivity contribution in [3.63, 3.8) is 0 Å². The highest BCUT2D eigenvalue weighted by molar-refractivity contribution is 7.89. The zero-order chi connectivity index (χ0) is 19.6. The van der Waals surface area contributed by atoms with Gasteiger partial charge in [0.15, 0.2) is 0 Å². The summed E-state index contributed by atoms with van der Waals surface area (Å²) in [5.74, 6) is -1.64. The number of likely N-dealkylation sites (tertiary alicyclic amines) is 1.